The maximum Gasteiger partial charge on any atom is 0.407 e. The predicted molar refractivity (Wildman–Crippen MR) is 164 cm³/mol. The Morgan fingerprint density at radius 3 is 2.19 bits per heavy atom. The van der Waals surface area contributed by atoms with Crippen LogP contribution in [-0.2, 0) is 25.2 Å². The van der Waals surface area contributed by atoms with Crippen molar-refractivity contribution in [2.45, 2.75) is 111 Å². The number of nitrogens with zero attached hydrogens (tertiary/aromatic N) is 2. The van der Waals surface area contributed by atoms with Crippen LogP contribution in [0.4, 0.5) is 15.0 Å². The van der Waals surface area contributed by atoms with Crippen LogP contribution in [0.1, 0.15) is 68.7 Å². The van der Waals surface area contributed by atoms with E-state index in [0.717, 1.165) is 0 Å². The Morgan fingerprint density at radius 2 is 1.64 bits per heavy atom. The second-order valence-corrected chi connectivity index (χ2v) is 18.6. The monoisotopic (exact) mass is 608 g/mol. The van der Waals surface area contributed by atoms with E-state index in [2.05, 4.69) is 31.2 Å². The van der Waals surface area contributed by atoms with E-state index >= 15 is 4.39 Å². The van der Waals surface area contributed by atoms with Crippen LogP contribution in [0.2, 0.25) is 18.1 Å². The third-order valence-electron chi connectivity index (χ3n) is 6.57. The van der Waals surface area contributed by atoms with Gasteiger partial charge in [-0.2, -0.15) is 5.10 Å². The van der Waals surface area contributed by atoms with Crippen molar-refractivity contribution in [3.8, 4) is 16.9 Å². The van der Waals surface area contributed by atoms with Gasteiger partial charge in [-0.15, -0.1) is 0 Å². The molecule has 0 bridgehead atoms. The summed E-state index contributed by atoms with van der Waals surface area (Å²) < 4.78 is 39.8. The number of carbonyl (C=O) groups excluding carboxylic acids is 2. The van der Waals surface area contributed by atoms with Crippen molar-refractivity contribution < 1.29 is 32.6 Å². The number of amides is 1. The van der Waals surface area contributed by atoms with Gasteiger partial charge in [-0.05, 0) is 78.2 Å². The Labute approximate surface area is 250 Å². The number of rotatable bonds is 11. The average molecular weight is 609 g/mol. The van der Waals surface area contributed by atoms with Crippen LogP contribution in [0.25, 0.3) is 11.1 Å². The number of alkyl carbamates (subject to hydrolysis) is 1. The van der Waals surface area contributed by atoms with Crippen LogP contribution in [0.15, 0.2) is 24.4 Å². The summed E-state index contributed by atoms with van der Waals surface area (Å²) in [5.41, 5.74) is 5.53. The molecule has 0 aliphatic carbocycles. The van der Waals surface area contributed by atoms with E-state index in [4.69, 9.17) is 24.4 Å². The molecule has 3 N–H and O–H groups in total. The molecule has 12 heteroatoms. The highest BCUT2D eigenvalue weighted by Gasteiger charge is 2.42. The standard InChI is InChI=1S/C30H49FN4O6Si/c1-28(2,3)39-26(36)24(41-42(10,11)30(7,8)9)19-38-20-13-14-21(23(31)17-20)22-18-35(34-25(22)32)16-12-15-33-27(37)40-29(4,5)6/h13-14,17-18,24H,12,15-16,19H2,1-11H3,(H2,32,34)(H,33,37). The maximum absolute atomic E-state index is 15.2. The van der Waals surface area contributed by atoms with E-state index in [9.17, 15) is 9.59 Å². The third-order valence-corrected chi connectivity index (χ3v) is 11.1. The molecule has 42 heavy (non-hydrogen) atoms. The number of carbonyl (C=O) groups is 2. The van der Waals surface area contributed by atoms with Crippen LogP contribution < -0.4 is 15.8 Å². The fourth-order valence-corrected chi connectivity index (χ4v) is 4.76. The fraction of sp³-hybridized carbons (Fsp3) is 0.633. The Kier molecular flexibility index (Phi) is 11.2. The van der Waals surface area contributed by atoms with Crippen molar-refractivity contribution >= 4 is 26.2 Å². The molecule has 0 radical (unpaired) electrons. The van der Waals surface area contributed by atoms with E-state index < -0.39 is 43.5 Å². The molecular weight excluding hydrogens is 559 g/mol. The molecule has 0 spiro atoms. The molecule has 0 saturated heterocycles. The largest absolute Gasteiger partial charge is 0.490 e. The predicted octanol–water partition coefficient (Wildman–Crippen LogP) is 6.30. The van der Waals surface area contributed by atoms with Gasteiger partial charge in [0.25, 0.3) is 0 Å². The molecule has 0 fully saturated rings. The van der Waals surface area contributed by atoms with E-state index in [-0.39, 0.29) is 28.8 Å². The number of aromatic nitrogens is 2. The first kappa shape index (κ1) is 35.1. The van der Waals surface area contributed by atoms with Gasteiger partial charge in [-0.3, -0.25) is 4.68 Å². The Balaban J connectivity index is 2.09. The van der Waals surface area contributed by atoms with Gasteiger partial charge in [0.2, 0.25) is 0 Å². The van der Waals surface area contributed by atoms with Gasteiger partial charge in [-0.1, -0.05) is 20.8 Å². The molecule has 2 rings (SSSR count). The molecule has 0 aliphatic rings. The number of anilines is 1. The van der Waals surface area contributed by atoms with E-state index in [1.54, 1.807) is 64.6 Å². The fourth-order valence-electron chi connectivity index (χ4n) is 3.53. The van der Waals surface area contributed by atoms with Gasteiger partial charge in [-0.25, -0.2) is 14.0 Å². The van der Waals surface area contributed by atoms with E-state index in [1.165, 1.54) is 6.07 Å². The van der Waals surface area contributed by atoms with Gasteiger partial charge < -0.3 is 29.7 Å². The lowest BCUT2D eigenvalue weighted by atomic mass is 10.1. The molecule has 236 valence electrons. The van der Waals surface area contributed by atoms with E-state index in [1.807, 2.05) is 13.1 Å². The average Bonchev–Trinajstić information content (AvgIpc) is 3.16. The number of hydrogen-bond donors (Lipinski definition) is 2. The zero-order chi connectivity index (χ0) is 32.1. The number of hydrogen-bond acceptors (Lipinski definition) is 8. The smallest absolute Gasteiger partial charge is 0.407 e. The molecule has 2 aromatic rings. The number of nitrogens with one attached hydrogen (secondary N) is 1. The molecule has 1 unspecified atom stereocenters. The minimum atomic E-state index is -2.34. The Hall–Kier alpha value is -3.12. The molecular formula is C30H49FN4O6Si. The summed E-state index contributed by atoms with van der Waals surface area (Å²) in [6.07, 6.45) is 0.779. The Morgan fingerprint density at radius 1 is 1.02 bits per heavy atom. The molecule has 1 atom stereocenters. The highest BCUT2D eigenvalue weighted by atomic mass is 28.4. The summed E-state index contributed by atoms with van der Waals surface area (Å²) in [7, 11) is -2.34. The quantitative estimate of drug-likeness (QED) is 0.173. The SMILES string of the molecule is CC(C)(C)OC(=O)NCCCn1cc(-c2ccc(OCC(O[Si](C)(C)C(C)(C)C)C(=O)OC(C)(C)C)cc2F)c(N)n1. The zero-order valence-corrected chi connectivity index (χ0v) is 28.0. The third kappa shape index (κ3) is 10.9. The second kappa shape index (κ2) is 13.5. The number of nitrogens with two attached hydrogens (primary N) is 1. The lowest BCUT2D eigenvalue weighted by molar-refractivity contribution is -0.165. The first-order valence-electron chi connectivity index (χ1n) is 14.2. The van der Waals surface area contributed by atoms with Gasteiger partial charge in [0.1, 0.15) is 29.4 Å². The molecule has 1 aromatic heterocycles. The summed E-state index contributed by atoms with van der Waals surface area (Å²) in [6, 6.07) is 4.41. The lowest BCUT2D eigenvalue weighted by Gasteiger charge is -2.39. The number of halogens is 1. The van der Waals surface area contributed by atoms with Crippen molar-refractivity contribution in [3.63, 3.8) is 0 Å². The summed E-state index contributed by atoms with van der Waals surface area (Å²) in [4.78, 5) is 24.8. The van der Waals surface area contributed by atoms with Crippen LogP contribution >= 0.6 is 0 Å². The number of nitrogen functional groups attached to an aromatic ring is 1. The van der Waals surface area contributed by atoms with Crippen molar-refractivity contribution in [2.24, 2.45) is 0 Å². The zero-order valence-electron chi connectivity index (χ0n) is 27.0. The first-order chi connectivity index (χ1) is 19.1. The first-order valence-corrected chi connectivity index (χ1v) is 17.1. The molecule has 0 saturated carbocycles. The van der Waals surface area contributed by atoms with Crippen LogP contribution in [0, 0.1) is 5.82 Å². The summed E-state index contributed by atoms with van der Waals surface area (Å²) in [5.74, 6) is -0.659. The minimum Gasteiger partial charge on any atom is -0.490 e. The van der Waals surface area contributed by atoms with Crippen LogP contribution in [0.3, 0.4) is 0 Å². The molecule has 10 nitrogen and oxygen atoms in total. The molecule has 1 heterocycles. The molecule has 1 aromatic carbocycles. The Bertz CT molecular complexity index is 1230. The van der Waals surface area contributed by atoms with Crippen molar-refractivity contribution in [3.05, 3.63) is 30.2 Å². The summed E-state index contributed by atoms with van der Waals surface area (Å²) in [5, 5.41) is 6.83. The van der Waals surface area contributed by atoms with Crippen molar-refractivity contribution in [1.29, 1.82) is 0 Å². The molecule has 1 amide bonds. The summed E-state index contributed by atoms with van der Waals surface area (Å²) >= 11 is 0. The summed E-state index contributed by atoms with van der Waals surface area (Å²) in [6.45, 7) is 21.8. The minimum absolute atomic E-state index is 0.127. The normalized spacial score (nSPS) is 13.4. The number of ether oxygens (including phenoxy) is 3. The highest BCUT2D eigenvalue weighted by Crippen LogP contribution is 2.38. The van der Waals surface area contributed by atoms with Gasteiger partial charge in [0.05, 0.1) is 0 Å². The highest BCUT2D eigenvalue weighted by molar-refractivity contribution is 6.74. The van der Waals surface area contributed by atoms with Gasteiger partial charge in [0, 0.05) is 36.5 Å². The van der Waals surface area contributed by atoms with Crippen LogP contribution in [0.5, 0.6) is 5.75 Å². The van der Waals surface area contributed by atoms with Crippen molar-refractivity contribution in [1.82, 2.24) is 15.1 Å². The number of benzene rings is 1. The lowest BCUT2D eigenvalue weighted by Crippen LogP contribution is -2.49. The van der Waals surface area contributed by atoms with Crippen LogP contribution in [-0.4, -0.2) is 60.6 Å². The van der Waals surface area contributed by atoms with Gasteiger partial charge >= 0.3 is 12.1 Å². The number of aryl methyl sites for hydroxylation is 1. The number of esters is 1. The second-order valence-electron chi connectivity index (χ2n) is 13.8. The maximum atomic E-state index is 15.2. The van der Waals surface area contributed by atoms with E-state index in [0.29, 0.717) is 25.1 Å². The van der Waals surface area contributed by atoms with Gasteiger partial charge in [0.15, 0.2) is 20.2 Å². The van der Waals surface area contributed by atoms with Crippen molar-refractivity contribution in [2.75, 3.05) is 18.9 Å². The topological polar surface area (TPSA) is 127 Å². The molecule has 0 aliphatic heterocycles.